The van der Waals surface area contributed by atoms with Gasteiger partial charge in [-0.05, 0) is 40.0 Å². The Morgan fingerprint density at radius 3 is 1.16 bits per heavy atom. The summed E-state index contributed by atoms with van der Waals surface area (Å²) >= 11 is 0. The molecule has 0 spiro atoms. The zero-order valence-corrected chi connectivity index (χ0v) is 20.3. The van der Waals surface area contributed by atoms with Gasteiger partial charge in [0.2, 0.25) is 0 Å². The van der Waals surface area contributed by atoms with Crippen molar-refractivity contribution in [3.63, 3.8) is 0 Å². The van der Waals surface area contributed by atoms with E-state index in [0.717, 1.165) is 10.7 Å². The van der Waals surface area contributed by atoms with Crippen LogP contribution in [0.2, 0.25) is 0 Å². The smallest absolute Gasteiger partial charge is 0.559 e. The molecule has 0 heterocycles. The van der Waals surface area contributed by atoms with E-state index >= 15 is 0 Å². The van der Waals surface area contributed by atoms with E-state index in [1.54, 1.807) is 0 Å². The maximum atomic E-state index is 6.18. The fourth-order valence-corrected chi connectivity index (χ4v) is 6.52. The Hall–Kier alpha value is 0.537. The third-order valence-electron chi connectivity index (χ3n) is 4.58. The summed E-state index contributed by atoms with van der Waals surface area (Å²) in [5.41, 5.74) is 0. The fraction of sp³-hybridized carbons (Fsp3) is 1.00. The van der Waals surface area contributed by atoms with Gasteiger partial charge in [-0.1, -0.05) is 40.0 Å². The molecule has 0 rings (SSSR count). The number of quaternary nitrogens is 1. The van der Waals surface area contributed by atoms with Gasteiger partial charge in [0.25, 0.3) is 0 Å². The summed E-state index contributed by atoms with van der Waals surface area (Å²) in [6.07, 6.45) is 8.45. The first-order valence-corrected chi connectivity index (χ1v) is 12.3. The Balaban J connectivity index is 0. The highest BCUT2D eigenvalue weighted by molar-refractivity contribution is 6.60. The number of halogens is 1. The van der Waals surface area contributed by atoms with Crippen molar-refractivity contribution in [2.24, 2.45) is 0 Å². The molecule has 0 saturated heterocycles. The molecular formula is C19H44BrNO3Si. The van der Waals surface area contributed by atoms with Crippen LogP contribution in [-0.4, -0.2) is 58.9 Å². The van der Waals surface area contributed by atoms with Crippen molar-refractivity contribution in [1.82, 2.24) is 0 Å². The molecule has 0 aliphatic heterocycles. The van der Waals surface area contributed by atoms with Gasteiger partial charge in [-0.2, -0.15) is 0 Å². The van der Waals surface area contributed by atoms with Gasteiger partial charge in [-0.15, -0.1) is 0 Å². The lowest BCUT2D eigenvalue weighted by molar-refractivity contribution is -0.921. The van der Waals surface area contributed by atoms with E-state index in [1.165, 1.54) is 58.2 Å². The summed E-state index contributed by atoms with van der Waals surface area (Å²) in [7, 11) is -2.61. The second kappa shape index (κ2) is 16.7. The molecule has 4 nitrogen and oxygen atoms in total. The quantitative estimate of drug-likeness (QED) is 0.254. The Bertz CT molecular complexity index is 257. The van der Waals surface area contributed by atoms with Crippen LogP contribution in [0.4, 0.5) is 0 Å². The Kier molecular flexibility index (Phi) is 18.5. The van der Waals surface area contributed by atoms with Crippen molar-refractivity contribution in [3.05, 3.63) is 0 Å². The normalized spacial score (nSPS) is 12.2. The Morgan fingerprint density at radius 2 is 0.920 bits per heavy atom. The van der Waals surface area contributed by atoms with Crippen LogP contribution in [0.1, 0.15) is 80.1 Å². The molecule has 25 heavy (non-hydrogen) atoms. The third kappa shape index (κ3) is 11.1. The maximum Gasteiger partial charge on any atom is 0.559 e. The number of nitrogens with zero attached hydrogens (tertiary/aromatic N) is 1. The average Bonchev–Trinajstić information content (AvgIpc) is 2.57. The molecule has 0 atom stereocenters. The van der Waals surface area contributed by atoms with E-state index in [-0.39, 0.29) is 17.0 Å². The van der Waals surface area contributed by atoms with Crippen LogP contribution >= 0.6 is 0 Å². The van der Waals surface area contributed by atoms with Crippen molar-refractivity contribution < 1.29 is 34.7 Å². The van der Waals surface area contributed by atoms with Crippen molar-refractivity contribution in [2.45, 2.75) is 80.1 Å². The van der Waals surface area contributed by atoms with E-state index in [1.807, 2.05) is 0 Å². The summed E-state index contributed by atoms with van der Waals surface area (Å²) in [5.74, 6) is 0. The molecule has 0 fully saturated rings. The molecule has 0 amide bonds. The van der Waals surface area contributed by atoms with Crippen LogP contribution in [0.15, 0.2) is 0 Å². The maximum absolute atomic E-state index is 6.18. The summed E-state index contributed by atoms with van der Waals surface area (Å²) in [6.45, 7) is 18.7. The first-order chi connectivity index (χ1) is 11.6. The minimum absolute atomic E-state index is 0. The van der Waals surface area contributed by atoms with Gasteiger partial charge in [-0.3, -0.25) is 0 Å². The van der Waals surface area contributed by atoms with Crippen molar-refractivity contribution >= 4 is 8.80 Å². The lowest BCUT2D eigenvalue weighted by Crippen LogP contribution is -3.00. The van der Waals surface area contributed by atoms with Crippen molar-refractivity contribution in [1.29, 1.82) is 0 Å². The van der Waals surface area contributed by atoms with E-state index in [2.05, 4.69) is 41.5 Å². The number of hydrogen-bond donors (Lipinski definition) is 0. The predicted octanol–water partition coefficient (Wildman–Crippen LogP) is 1.80. The van der Waals surface area contributed by atoms with Crippen molar-refractivity contribution in [3.8, 4) is 0 Å². The molecule has 0 radical (unpaired) electrons. The molecule has 0 aromatic rings. The molecule has 0 aromatic heterocycles. The van der Waals surface area contributed by atoms with Gasteiger partial charge in [0.15, 0.2) is 0 Å². The minimum Gasteiger partial charge on any atom is -1.00 e. The van der Waals surface area contributed by atoms with Crippen LogP contribution in [0.5, 0.6) is 0 Å². The zero-order valence-electron chi connectivity index (χ0n) is 17.7. The highest BCUT2D eigenvalue weighted by atomic mass is 79.9. The second-order valence-electron chi connectivity index (χ2n) is 6.71. The van der Waals surface area contributed by atoms with Crippen molar-refractivity contribution in [2.75, 3.05) is 45.6 Å². The molecule has 0 aromatic carbocycles. The van der Waals surface area contributed by atoms with E-state index in [0.29, 0.717) is 19.8 Å². The van der Waals surface area contributed by atoms with Crippen LogP contribution in [0.3, 0.4) is 0 Å². The Labute approximate surface area is 169 Å². The molecular weight excluding hydrogens is 398 g/mol. The zero-order chi connectivity index (χ0) is 18.3. The third-order valence-corrected chi connectivity index (χ3v) is 7.82. The van der Waals surface area contributed by atoms with Gasteiger partial charge < -0.3 is 34.7 Å². The number of unbranched alkanes of at least 4 members (excludes halogenated alkanes) is 3. The van der Waals surface area contributed by atoms with E-state index < -0.39 is 8.80 Å². The first-order valence-electron chi connectivity index (χ1n) is 10.3. The van der Waals surface area contributed by atoms with Gasteiger partial charge in [0, 0.05) is 19.8 Å². The van der Waals surface area contributed by atoms with Crippen LogP contribution < -0.4 is 17.0 Å². The highest BCUT2D eigenvalue weighted by Crippen LogP contribution is 2.22. The summed E-state index contributed by atoms with van der Waals surface area (Å²) < 4.78 is 19.7. The molecule has 0 aliphatic carbocycles. The molecule has 0 bridgehead atoms. The van der Waals surface area contributed by atoms with Gasteiger partial charge in [0.05, 0.1) is 19.6 Å². The summed E-state index contributed by atoms with van der Waals surface area (Å²) in [6, 6.07) is 0. The van der Waals surface area contributed by atoms with Crippen LogP contribution in [-0.2, 0) is 13.3 Å². The lowest BCUT2D eigenvalue weighted by Gasteiger charge is -2.43. The topological polar surface area (TPSA) is 27.7 Å². The molecule has 0 N–H and O–H groups in total. The SMILES string of the molecule is CCCC[N+](CCCC)(CCCC)C[Si](OCC)(OCC)OCC.[Br-]. The number of rotatable bonds is 17. The monoisotopic (exact) mass is 441 g/mol. The van der Waals surface area contributed by atoms with Crippen LogP contribution in [0.25, 0.3) is 0 Å². The molecule has 0 saturated carbocycles. The van der Waals surface area contributed by atoms with Crippen LogP contribution in [0, 0.1) is 0 Å². The van der Waals surface area contributed by atoms with E-state index in [4.69, 9.17) is 13.3 Å². The first kappa shape index (κ1) is 27.8. The second-order valence-corrected chi connectivity index (χ2v) is 9.26. The highest BCUT2D eigenvalue weighted by Gasteiger charge is 2.49. The summed E-state index contributed by atoms with van der Waals surface area (Å²) in [4.78, 5) is 0. The predicted molar refractivity (Wildman–Crippen MR) is 105 cm³/mol. The molecule has 0 unspecified atom stereocenters. The average molecular weight is 443 g/mol. The number of hydrogen-bond acceptors (Lipinski definition) is 3. The lowest BCUT2D eigenvalue weighted by atomic mass is 10.2. The molecule has 0 aliphatic rings. The van der Waals surface area contributed by atoms with E-state index in [9.17, 15) is 0 Å². The fourth-order valence-electron chi connectivity index (χ4n) is 3.39. The summed E-state index contributed by atoms with van der Waals surface area (Å²) in [5, 5.41) is 0. The van der Waals surface area contributed by atoms with Gasteiger partial charge in [0.1, 0.15) is 6.17 Å². The van der Waals surface area contributed by atoms with Gasteiger partial charge in [-0.25, -0.2) is 0 Å². The minimum atomic E-state index is -2.61. The Morgan fingerprint density at radius 1 is 0.600 bits per heavy atom. The molecule has 154 valence electrons. The molecule has 6 heteroatoms. The van der Waals surface area contributed by atoms with Gasteiger partial charge >= 0.3 is 8.80 Å². The largest absolute Gasteiger partial charge is 1.00 e. The standard InChI is InChI=1S/C19H44NO3Si.BrH/c1-7-13-16-20(17-14-8-2,18-15-9-3)19-24(21-10-4,22-11-5)23-12-6;/h7-19H2,1-6H3;1H/q+1;/p-1.